The molecule has 0 radical (unpaired) electrons. The first kappa shape index (κ1) is 79.2. The van der Waals surface area contributed by atoms with E-state index in [1.807, 2.05) is 13.0 Å². The van der Waals surface area contributed by atoms with E-state index < -0.39 is 41.6 Å². The zero-order chi connectivity index (χ0) is 67.6. The predicted molar refractivity (Wildman–Crippen MR) is 381 cm³/mol. The standard InChI is InChI=1S/C72H138O12Si5/c1-31-52(73)44-58-62(80-63(65(58)75-20)45-56(81-86(23,24)69(8,9)10)47-77-85(21,22)68(5,6)7)46-61-50(4)48(2)41-55(79-61)37-39-59-49(3)42-54(78-59)36-34-53(74)35-38-60(82-87(25,26)70(11,12)13)57-43-51-33-32-40-76-64(51)67(84-89(29,30)72(17,18)19)66(57)83-88(27,28)71(14,15)16/h35,38,48,50-51,54-67H,3,31-34,36-37,39-47H2,1-2,4-30H3/b38-35+/t48-,50?,51-,54+,55+,56?,57+,58+,59+,60?,61-,62+,63-,64+,65-,66?,67?/m1/s1. The largest absolute Gasteiger partial charge is 0.414 e. The van der Waals surface area contributed by atoms with Crippen LogP contribution in [0.5, 0.6) is 0 Å². The average molecular weight is 1340 g/mol. The van der Waals surface area contributed by atoms with E-state index in [1.54, 1.807) is 7.11 Å². The minimum atomic E-state index is -2.37. The molecule has 0 aromatic carbocycles. The predicted octanol–water partition coefficient (Wildman–Crippen LogP) is 18.8. The Balaban J connectivity index is 1.30. The Bertz CT molecular complexity index is 2320. The van der Waals surface area contributed by atoms with Gasteiger partial charge in [0.1, 0.15) is 5.78 Å². The van der Waals surface area contributed by atoms with Gasteiger partial charge in [0.15, 0.2) is 47.4 Å². The van der Waals surface area contributed by atoms with Crippen LogP contribution in [0.4, 0.5) is 0 Å². The smallest absolute Gasteiger partial charge is 0.192 e. The third-order valence-electron chi connectivity index (χ3n) is 24.4. The lowest BCUT2D eigenvalue weighted by Crippen LogP contribution is -2.64. The van der Waals surface area contributed by atoms with Crippen molar-refractivity contribution in [1.29, 1.82) is 0 Å². The zero-order valence-electron chi connectivity index (χ0n) is 62.7. The topological polar surface area (TPSA) is 126 Å². The third kappa shape index (κ3) is 20.5. The van der Waals surface area contributed by atoms with Gasteiger partial charge in [0.2, 0.25) is 0 Å². The summed E-state index contributed by atoms with van der Waals surface area (Å²) >= 11 is 0. The summed E-state index contributed by atoms with van der Waals surface area (Å²) in [5.74, 6) is 1.26. The fourth-order valence-corrected chi connectivity index (χ4v) is 19.2. The molecule has 0 aromatic rings. The van der Waals surface area contributed by atoms with Gasteiger partial charge in [-0.1, -0.05) is 137 Å². The number of ketones is 2. The molecule has 5 rings (SSSR count). The van der Waals surface area contributed by atoms with Crippen molar-refractivity contribution in [2.75, 3.05) is 20.3 Å². The van der Waals surface area contributed by atoms with Crippen molar-refractivity contribution in [1.82, 2.24) is 0 Å². The SMILES string of the molecule is C=C1C[C@H](CCC(=O)/C=C/C(O[Si](C)(C)C(C)(C)C)[C@@H]2C[C@H]3CCCO[C@@H]3C(O[Si](C)(C)C(C)(C)C)C2O[Si](C)(C)C(C)(C)C)O[C@H]1CC[C@H]1C[C@@H](C)C(C)[C@@H](C[C@@H]2O[C@H](CC(CO[Si](C)(C)C(C)(C)C)O[Si](C)(C)C(C)(C)C)[C@H](OC)[C@H]2CC(=O)CC)O1. The van der Waals surface area contributed by atoms with Gasteiger partial charge in [0.25, 0.3) is 0 Å². The number of allylic oxidation sites excluding steroid dienone is 1. The Morgan fingerprint density at radius 2 is 1.21 bits per heavy atom. The number of methoxy groups -OCH3 is 1. The highest BCUT2D eigenvalue weighted by Gasteiger charge is 2.57. The monoisotopic (exact) mass is 1330 g/mol. The van der Waals surface area contributed by atoms with Crippen LogP contribution >= 0.6 is 0 Å². The number of ether oxygens (including phenoxy) is 5. The Labute approximate surface area is 551 Å². The summed E-state index contributed by atoms with van der Waals surface area (Å²) < 4.78 is 71.3. The minimum Gasteiger partial charge on any atom is -0.414 e. The summed E-state index contributed by atoms with van der Waals surface area (Å²) in [6.07, 6.45) is 11.7. The van der Waals surface area contributed by atoms with Crippen molar-refractivity contribution >= 4 is 53.2 Å². The van der Waals surface area contributed by atoms with Gasteiger partial charge in [-0.25, -0.2) is 0 Å². The Kier molecular flexibility index (Phi) is 27.1. The van der Waals surface area contributed by atoms with Crippen LogP contribution in [0.2, 0.25) is 90.7 Å². The quantitative estimate of drug-likeness (QED) is 0.0420. The fourth-order valence-electron chi connectivity index (χ4n) is 12.9. The molecule has 0 N–H and O–H groups in total. The first-order valence-electron chi connectivity index (χ1n) is 35.3. The molecule has 0 amide bonds. The van der Waals surface area contributed by atoms with Crippen molar-refractivity contribution in [2.45, 2.75) is 372 Å². The number of carbonyl (C=O) groups excluding carboxylic acids is 2. The molecule has 4 aliphatic heterocycles. The van der Waals surface area contributed by atoms with Crippen LogP contribution in [0.1, 0.15) is 208 Å². The summed E-state index contributed by atoms with van der Waals surface area (Å²) in [6, 6.07) is 0. The summed E-state index contributed by atoms with van der Waals surface area (Å²) in [5.41, 5.74) is 1.10. The van der Waals surface area contributed by atoms with E-state index in [4.69, 9.17) is 45.8 Å². The van der Waals surface area contributed by atoms with E-state index >= 15 is 0 Å². The van der Waals surface area contributed by atoms with Crippen LogP contribution in [0.25, 0.3) is 0 Å². The van der Waals surface area contributed by atoms with Crippen molar-refractivity contribution in [3.8, 4) is 0 Å². The second-order valence-electron chi connectivity index (χ2n) is 36.3. The van der Waals surface area contributed by atoms with Crippen molar-refractivity contribution < 1.29 is 55.4 Å². The normalized spacial score (nSPS) is 31.7. The first-order valence-corrected chi connectivity index (χ1v) is 49.9. The molecule has 0 bridgehead atoms. The van der Waals surface area contributed by atoms with Gasteiger partial charge in [-0.05, 0) is 171 Å². The van der Waals surface area contributed by atoms with Gasteiger partial charge in [-0.15, -0.1) is 0 Å². The summed E-state index contributed by atoms with van der Waals surface area (Å²) in [5, 5.41) is 0.0140. The Morgan fingerprint density at radius 1 is 0.652 bits per heavy atom. The zero-order valence-corrected chi connectivity index (χ0v) is 67.7. The van der Waals surface area contributed by atoms with Gasteiger partial charge >= 0.3 is 0 Å². The molecule has 518 valence electrons. The minimum absolute atomic E-state index is 0.00102. The molecule has 17 heteroatoms. The molecule has 1 aliphatic carbocycles. The van der Waals surface area contributed by atoms with Gasteiger partial charge < -0.3 is 45.8 Å². The Hall–Kier alpha value is -0.496. The van der Waals surface area contributed by atoms with Gasteiger partial charge in [-0.2, -0.15) is 0 Å². The van der Waals surface area contributed by atoms with Crippen LogP contribution in [-0.4, -0.2) is 147 Å². The number of fused-ring (bicyclic) bond motifs is 1. The summed E-state index contributed by atoms with van der Waals surface area (Å²) in [7, 11) is -9.52. The molecule has 0 spiro atoms. The molecule has 4 heterocycles. The number of carbonyl (C=O) groups is 2. The highest BCUT2D eigenvalue weighted by Crippen LogP contribution is 2.51. The van der Waals surface area contributed by atoms with E-state index in [0.717, 1.165) is 57.1 Å². The number of Topliss-reactive ketones (excluding diaryl/α,β-unsaturated/α-hetero) is 1. The molecule has 1 saturated carbocycles. The van der Waals surface area contributed by atoms with Crippen molar-refractivity contribution in [3.05, 3.63) is 24.3 Å². The fraction of sp³-hybridized carbons (Fsp3) is 0.917. The van der Waals surface area contributed by atoms with Gasteiger partial charge in [0, 0.05) is 57.7 Å². The lowest BCUT2D eigenvalue weighted by atomic mass is 9.71. The van der Waals surface area contributed by atoms with E-state index in [9.17, 15) is 9.59 Å². The van der Waals surface area contributed by atoms with E-state index in [-0.39, 0.29) is 122 Å². The van der Waals surface area contributed by atoms with Crippen LogP contribution in [0.3, 0.4) is 0 Å². The molecular formula is C72H138O12Si5. The molecule has 5 fully saturated rings. The van der Waals surface area contributed by atoms with Crippen LogP contribution in [-0.2, 0) is 55.4 Å². The lowest BCUT2D eigenvalue weighted by molar-refractivity contribution is -0.173. The number of rotatable bonds is 28. The van der Waals surface area contributed by atoms with Crippen molar-refractivity contribution in [3.63, 3.8) is 0 Å². The number of hydrogen-bond donors (Lipinski definition) is 0. The number of hydrogen-bond acceptors (Lipinski definition) is 12. The first-order chi connectivity index (χ1) is 40.5. The highest BCUT2D eigenvalue weighted by atomic mass is 28.4. The molecule has 5 aliphatic rings. The van der Waals surface area contributed by atoms with Crippen LogP contribution in [0.15, 0.2) is 24.3 Å². The molecule has 5 unspecified atom stereocenters. The van der Waals surface area contributed by atoms with Crippen molar-refractivity contribution in [2.24, 2.45) is 29.6 Å². The maximum atomic E-state index is 14.3. The third-order valence-corrected chi connectivity index (χ3v) is 46.9. The maximum Gasteiger partial charge on any atom is 0.192 e. The van der Waals surface area contributed by atoms with Crippen LogP contribution < -0.4 is 0 Å². The van der Waals surface area contributed by atoms with E-state index in [1.165, 1.54) is 0 Å². The molecule has 12 nitrogen and oxygen atoms in total. The lowest BCUT2D eigenvalue weighted by Gasteiger charge is -2.55. The molecule has 4 saturated heterocycles. The van der Waals surface area contributed by atoms with Gasteiger partial charge in [-0.3, -0.25) is 9.59 Å². The Morgan fingerprint density at radius 3 is 1.76 bits per heavy atom. The average Bonchev–Trinajstić information content (AvgIpc) is 1.27. The van der Waals surface area contributed by atoms with Crippen LogP contribution in [0, 0.1) is 29.6 Å². The van der Waals surface area contributed by atoms with Gasteiger partial charge in [0.05, 0.1) is 79.9 Å². The molecule has 0 aromatic heterocycles. The maximum absolute atomic E-state index is 14.3. The summed E-state index contributed by atoms with van der Waals surface area (Å²) in [6.45, 7) is 70.3. The second-order valence-corrected chi connectivity index (χ2v) is 60.1. The molecular weight excluding hydrogens is 1200 g/mol. The van der Waals surface area contributed by atoms with E-state index in [0.29, 0.717) is 62.9 Å². The second kappa shape index (κ2) is 30.5. The summed E-state index contributed by atoms with van der Waals surface area (Å²) in [4.78, 5) is 27.7. The highest BCUT2D eigenvalue weighted by molar-refractivity contribution is 6.76. The molecule has 17 atom stereocenters. The molecule has 89 heavy (non-hydrogen) atoms. The van der Waals surface area contributed by atoms with E-state index in [2.05, 4.69) is 196 Å².